The number of amides is 1. The lowest BCUT2D eigenvalue weighted by Crippen LogP contribution is -2.55. The number of benzene rings is 1. The van der Waals surface area contributed by atoms with Gasteiger partial charge in [-0.3, -0.25) is 14.5 Å². The second-order valence-electron chi connectivity index (χ2n) is 6.75. The topological polar surface area (TPSA) is 60.9 Å². The first-order valence-corrected chi connectivity index (χ1v) is 8.52. The van der Waals surface area contributed by atoms with Crippen LogP contribution in [0.5, 0.6) is 0 Å². The first-order chi connectivity index (χ1) is 11.5. The SMILES string of the molecule is Cc1cc(F)ccc1N1CCCC(N2CCCC(C(=O)O)C2)C1=O. The summed E-state index contributed by atoms with van der Waals surface area (Å²) in [5.41, 5.74) is 1.49. The molecule has 0 saturated carbocycles. The van der Waals surface area contributed by atoms with Crippen molar-refractivity contribution < 1.29 is 19.1 Å². The standard InChI is InChI=1S/C18H23FN2O3/c1-12-10-14(19)6-7-15(12)21-9-3-5-16(17(21)22)20-8-2-4-13(11-20)18(23)24/h6-7,10,13,16H,2-5,8-9,11H2,1H3,(H,23,24). The number of hydrogen-bond donors (Lipinski definition) is 1. The Kier molecular flexibility index (Phi) is 4.85. The first kappa shape index (κ1) is 16.9. The smallest absolute Gasteiger partial charge is 0.307 e. The van der Waals surface area contributed by atoms with E-state index in [0.717, 1.165) is 37.1 Å². The Morgan fingerprint density at radius 2 is 2.00 bits per heavy atom. The summed E-state index contributed by atoms with van der Waals surface area (Å²) >= 11 is 0. The number of carboxylic acid groups (broad SMARTS) is 1. The van der Waals surface area contributed by atoms with Crippen LogP contribution in [0.1, 0.15) is 31.2 Å². The number of halogens is 1. The maximum atomic E-state index is 13.3. The molecule has 2 aliphatic heterocycles. The summed E-state index contributed by atoms with van der Waals surface area (Å²) in [5.74, 6) is -1.48. The Morgan fingerprint density at radius 3 is 2.71 bits per heavy atom. The Balaban J connectivity index is 1.78. The van der Waals surface area contributed by atoms with E-state index in [4.69, 9.17) is 0 Å². The van der Waals surface area contributed by atoms with Gasteiger partial charge < -0.3 is 10.0 Å². The lowest BCUT2D eigenvalue weighted by Gasteiger charge is -2.41. The normalized spacial score (nSPS) is 25.8. The van der Waals surface area contributed by atoms with Gasteiger partial charge in [-0.15, -0.1) is 0 Å². The molecule has 0 aliphatic carbocycles. The number of nitrogens with zero attached hydrogens (tertiary/aromatic N) is 2. The number of likely N-dealkylation sites (tertiary alicyclic amines) is 1. The van der Waals surface area contributed by atoms with E-state index in [9.17, 15) is 19.1 Å². The molecule has 2 unspecified atom stereocenters. The summed E-state index contributed by atoms with van der Waals surface area (Å²) in [6.07, 6.45) is 3.09. The van der Waals surface area contributed by atoms with Gasteiger partial charge in [0.25, 0.3) is 0 Å². The highest BCUT2D eigenvalue weighted by atomic mass is 19.1. The Morgan fingerprint density at radius 1 is 1.25 bits per heavy atom. The molecular weight excluding hydrogens is 311 g/mol. The third kappa shape index (κ3) is 3.29. The van der Waals surface area contributed by atoms with Crippen molar-refractivity contribution >= 4 is 17.6 Å². The van der Waals surface area contributed by atoms with Crippen molar-refractivity contribution in [1.82, 2.24) is 4.90 Å². The third-order valence-corrected chi connectivity index (χ3v) is 5.10. The zero-order valence-corrected chi connectivity index (χ0v) is 13.9. The van der Waals surface area contributed by atoms with E-state index in [1.165, 1.54) is 12.1 Å². The van der Waals surface area contributed by atoms with Gasteiger partial charge in [0, 0.05) is 18.8 Å². The molecule has 2 heterocycles. The van der Waals surface area contributed by atoms with Crippen LogP contribution in [0.2, 0.25) is 0 Å². The van der Waals surface area contributed by atoms with Gasteiger partial charge in [-0.05, 0) is 62.9 Å². The molecule has 2 fully saturated rings. The van der Waals surface area contributed by atoms with Gasteiger partial charge in [0.15, 0.2) is 0 Å². The minimum Gasteiger partial charge on any atom is -0.481 e. The minimum absolute atomic E-state index is 0.00185. The molecule has 1 aromatic rings. The molecule has 2 atom stereocenters. The van der Waals surface area contributed by atoms with Crippen LogP contribution in [-0.2, 0) is 9.59 Å². The molecule has 24 heavy (non-hydrogen) atoms. The molecule has 0 spiro atoms. The fourth-order valence-electron chi connectivity index (χ4n) is 3.85. The van der Waals surface area contributed by atoms with Gasteiger partial charge >= 0.3 is 5.97 Å². The van der Waals surface area contributed by atoms with Crippen LogP contribution in [0.25, 0.3) is 0 Å². The van der Waals surface area contributed by atoms with Gasteiger partial charge in [0.05, 0.1) is 12.0 Å². The van der Waals surface area contributed by atoms with Crippen LogP contribution < -0.4 is 4.90 Å². The average molecular weight is 334 g/mol. The summed E-state index contributed by atoms with van der Waals surface area (Å²) in [5, 5.41) is 9.26. The highest BCUT2D eigenvalue weighted by Crippen LogP contribution is 2.29. The molecule has 1 aromatic carbocycles. The van der Waals surface area contributed by atoms with E-state index in [0.29, 0.717) is 19.5 Å². The monoisotopic (exact) mass is 334 g/mol. The lowest BCUT2D eigenvalue weighted by atomic mass is 9.93. The summed E-state index contributed by atoms with van der Waals surface area (Å²) < 4.78 is 13.3. The maximum absolute atomic E-state index is 13.3. The Bertz CT molecular complexity index is 649. The highest BCUT2D eigenvalue weighted by molar-refractivity contribution is 5.98. The van der Waals surface area contributed by atoms with Gasteiger partial charge in [-0.2, -0.15) is 0 Å². The van der Waals surface area contributed by atoms with Crippen molar-refractivity contribution in [3.05, 3.63) is 29.6 Å². The number of aryl methyl sites for hydroxylation is 1. The van der Waals surface area contributed by atoms with Crippen molar-refractivity contribution in [1.29, 1.82) is 0 Å². The number of anilines is 1. The van der Waals surface area contributed by atoms with Crippen molar-refractivity contribution in [2.24, 2.45) is 5.92 Å². The fourth-order valence-corrected chi connectivity index (χ4v) is 3.85. The fraction of sp³-hybridized carbons (Fsp3) is 0.556. The molecule has 130 valence electrons. The second kappa shape index (κ2) is 6.89. The molecule has 0 aromatic heterocycles. The first-order valence-electron chi connectivity index (χ1n) is 8.52. The van der Waals surface area contributed by atoms with Gasteiger partial charge in [-0.25, -0.2) is 4.39 Å². The molecule has 3 rings (SSSR count). The van der Waals surface area contributed by atoms with Crippen molar-refractivity contribution in [3.63, 3.8) is 0 Å². The number of carboxylic acids is 1. The maximum Gasteiger partial charge on any atom is 0.307 e. The molecule has 0 bridgehead atoms. The zero-order valence-electron chi connectivity index (χ0n) is 13.9. The van der Waals surface area contributed by atoms with E-state index in [2.05, 4.69) is 0 Å². The number of aliphatic carboxylic acids is 1. The molecule has 5 nitrogen and oxygen atoms in total. The number of carbonyl (C=O) groups is 2. The number of piperidine rings is 2. The van der Waals surface area contributed by atoms with Crippen LogP contribution in [0.3, 0.4) is 0 Å². The largest absolute Gasteiger partial charge is 0.481 e. The van der Waals surface area contributed by atoms with Crippen LogP contribution in [-0.4, -0.2) is 47.6 Å². The number of rotatable bonds is 3. The molecule has 1 amide bonds. The summed E-state index contributed by atoms with van der Waals surface area (Å²) in [6.45, 7) is 3.62. The van der Waals surface area contributed by atoms with Crippen molar-refractivity contribution in [3.8, 4) is 0 Å². The van der Waals surface area contributed by atoms with Crippen molar-refractivity contribution in [2.75, 3.05) is 24.5 Å². The van der Waals surface area contributed by atoms with Crippen molar-refractivity contribution in [2.45, 2.75) is 38.6 Å². The van der Waals surface area contributed by atoms with E-state index < -0.39 is 11.9 Å². The predicted molar refractivity (Wildman–Crippen MR) is 88.4 cm³/mol. The molecular formula is C18H23FN2O3. The zero-order chi connectivity index (χ0) is 17.3. The van der Waals surface area contributed by atoms with Crippen LogP contribution >= 0.6 is 0 Å². The van der Waals surface area contributed by atoms with Gasteiger partial charge in [-0.1, -0.05) is 0 Å². The van der Waals surface area contributed by atoms with Crippen LogP contribution in [0.15, 0.2) is 18.2 Å². The molecule has 2 aliphatic rings. The van der Waals surface area contributed by atoms with Crippen LogP contribution in [0, 0.1) is 18.7 Å². The number of carbonyl (C=O) groups excluding carboxylic acids is 1. The predicted octanol–water partition coefficient (Wildman–Crippen LogP) is 2.43. The summed E-state index contributed by atoms with van der Waals surface area (Å²) in [6, 6.07) is 4.19. The third-order valence-electron chi connectivity index (χ3n) is 5.10. The minimum atomic E-state index is -0.783. The average Bonchev–Trinajstić information content (AvgIpc) is 2.56. The van der Waals surface area contributed by atoms with E-state index in [1.807, 2.05) is 4.90 Å². The Hall–Kier alpha value is -1.95. The number of hydrogen-bond acceptors (Lipinski definition) is 3. The molecule has 0 radical (unpaired) electrons. The van der Waals surface area contributed by atoms with Gasteiger partial charge in [0.1, 0.15) is 5.82 Å². The molecule has 6 heteroatoms. The van der Waals surface area contributed by atoms with E-state index >= 15 is 0 Å². The molecule has 1 N–H and O–H groups in total. The quantitative estimate of drug-likeness (QED) is 0.922. The lowest BCUT2D eigenvalue weighted by molar-refractivity contribution is -0.145. The highest BCUT2D eigenvalue weighted by Gasteiger charge is 2.37. The Labute approximate surface area is 141 Å². The van der Waals surface area contributed by atoms with E-state index in [-0.39, 0.29) is 17.8 Å². The van der Waals surface area contributed by atoms with E-state index in [1.54, 1.807) is 17.9 Å². The second-order valence-corrected chi connectivity index (χ2v) is 6.75. The molecule has 2 saturated heterocycles. The van der Waals surface area contributed by atoms with Crippen LogP contribution in [0.4, 0.5) is 10.1 Å². The summed E-state index contributed by atoms with van der Waals surface area (Å²) in [4.78, 5) is 28.0. The summed E-state index contributed by atoms with van der Waals surface area (Å²) in [7, 11) is 0. The van der Waals surface area contributed by atoms with Gasteiger partial charge in [0.2, 0.25) is 5.91 Å².